The molecule has 0 saturated carbocycles. The molecule has 0 bridgehead atoms. The Bertz CT molecular complexity index is 1140. The van der Waals surface area contributed by atoms with Crippen LogP contribution >= 0.6 is 0 Å². The Labute approximate surface area is 198 Å². The highest BCUT2D eigenvalue weighted by Crippen LogP contribution is 2.44. The molecule has 0 N–H and O–H groups in total. The summed E-state index contributed by atoms with van der Waals surface area (Å²) in [6, 6.07) is 13.1. The lowest BCUT2D eigenvalue weighted by Gasteiger charge is -2.33. The van der Waals surface area contributed by atoms with Gasteiger partial charge in [-0.3, -0.25) is 0 Å². The maximum absolute atomic E-state index is 11.5. The zero-order valence-electron chi connectivity index (χ0n) is 20.9. The van der Waals surface area contributed by atoms with E-state index in [2.05, 4.69) is 81.9 Å². The van der Waals surface area contributed by atoms with Gasteiger partial charge in [-0.2, -0.15) is 0 Å². The summed E-state index contributed by atoms with van der Waals surface area (Å²) >= 11 is 0. The van der Waals surface area contributed by atoms with E-state index < -0.39 is 0 Å². The van der Waals surface area contributed by atoms with E-state index in [1.807, 2.05) is 0 Å². The maximum atomic E-state index is 11.5. The number of aryl methyl sites for hydroxylation is 2. The second-order valence-corrected chi connectivity index (χ2v) is 8.76. The van der Waals surface area contributed by atoms with Crippen LogP contribution < -0.4 is 4.74 Å². The summed E-state index contributed by atoms with van der Waals surface area (Å²) in [6.45, 7) is 9.63. The van der Waals surface area contributed by atoms with Crippen molar-refractivity contribution in [3.05, 3.63) is 70.9 Å². The van der Waals surface area contributed by atoms with Crippen molar-refractivity contribution in [1.29, 1.82) is 0 Å². The van der Waals surface area contributed by atoms with Crippen LogP contribution in [0.3, 0.4) is 0 Å². The minimum Gasteiger partial charge on any atom is -0.493 e. The zero-order valence-corrected chi connectivity index (χ0v) is 20.9. The van der Waals surface area contributed by atoms with Crippen molar-refractivity contribution in [3.63, 3.8) is 0 Å². The number of ether oxygens (including phenoxy) is 2. The summed E-state index contributed by atoms with van der Waals surface area (Å²) < 4.78 is 12.9. The molecule has 0 aliphatic carbocycles. The van der Waals surface area contributed by atoms with Gasteiger partial charge in [0.2, 0.25) is 0 Å². The average Bonchev–Trinajstić information content (AvgIpc) is 3.16. The average molecular weight is 448 g/mol. The highest BCUT2D eigenvalue weighted by molar-refractivity contribution is 5.90. The molecule has 3 rings (SSSR count). The van der Waals surface area contributed by atoms with Gasteiger partial charge in [0.05, 0.1) is 13.7 Å². The molecule has 1 heterocycles. The van der Waals surface area contributed by atoms with E-state index in [9.17, 15) is 4.79 Å². The van der Waals surface area contributed by atoms with Crippen LogP contribution in [0.25, 0.3) is 17.0 Å². The lowest BCUT2D eigenvalue weighted by atomic mass is 9.70. The number of methoxy groups -OCH3 is 1. The van der Waals surface area contributed by atoms with Crippen LogP contribution in [0, 0.1) is 6.92 Å². The molecule has 0 aliphatic heterocycles. The summed E-state index contributed by atoms with van der Waals surface area (Å²) in [6.07, 6.45) is 9.73. The third-order valence-corrected chi connectivity index (χ3v) is 6.83. The smallest absolute Gasteiger partial charge is 0.330 e. The normalized spacial score (nSPS) is 11.9. The number of unbranched alkanes of at least 4 members (excludes halogenated alkanes) is 1. The first-order chi connectivity index (χ1) is 15.9. The number of hydrogen-bond acceptors (Lipinski definition) is 3. The third-order valence-electron chi connectivity index (χ3n) is 6.83. The van der Waals surface area contributed by atoms with Crippen LogP contribution in [-0.2, 0) is 22.0 Å². The molecular weight excluding hydrogens is 410 g/mol. The van der Waals surface area contributed by atoms with Crippen LogP contribution in [0.4, 0.5) is 0 Å². The molecule has 4 nitrogen and oxygen atoms in total. The Morgan fingerprint density at radius 2 is 1.85 bits per heavy atom. The van der Waals surface area contributed by atoms with Crippen molar-refractivity contribution in [1.82, 2.24) is 4.57 Å². The molecular formula is C29H37NO3. The molecule has 0 atom stereocenters. The predicted octanol–water partition coefficient (Wildman–Crippen LogP) is 6.96. The topological polar surface area (TPSA) is 40.5 Å². The van der Waals surface area contributed by atoms with Crippen LogP contribution in [0.1, 0.15) is 68.7 Å². The van der Waals surface area contributed by atoms with Gasteiger partial charge in [0.15, 0.2) is 0 Å². The van der Waals surface area contributed by atoms with Crippen molar-refractivity contribution >= 4 is 22.9 Å². The Morgan fingerprint density at radius 1 is 1.09 bits per heavy atom. The van der Waals surface area contributed by atoms with Crippen LogP contribution in [-0.4, -0.2) is 24.3 Å². The van der Waals surface area contributed by atoms with E-state index in [4.69, 9.17) is 9.47 Å². The van der Waals surface area contributed by atoms with Crippen molar-refractivity contribution in [3.8, 4) is 5.75 Å². The van der Waals surface area contributed by atoms with Gasteiger partial charge in [0.1, 0.15) is 5.75 Å². The molecule has 176 valence electrons. The molecule has 0 unspecified atom stereocenters. The highest BCUT2D eigenvalue weighted by Gasteiger charge is 2.34. The number of esters is 1. The molecule has 0 aliphatic rings. The molecule has 0 fully saturated rings. The fraction of sp³-hybridized carbons (Fsp3) is 0.414. The van der Waals surface area contributed by atoms with E-state index in [1.54, 1.807) is 6.08 Å². The second kappa shape index (κ2) is 10.7. The summed E-state index contributed by atoms with van der Waals surface area (Å²) in [4.78, 5) is 11.5. The Balaban J connectivity index is 2.05. The van der Waals surface area contributed by atoms with Crippen molar-refractivity contribution in [2.24, 2.45) is 7.05 Å². The van der Waals surface area contributed by atoms with Gasteiger partial charge in [0.25, 0.3) is 0 Å². The van der Waals surface area contributed by atoms with Crippen molar-refractivity contribution in [2.75, 3.05) is 13.7 Å². The van der Waals surface area contributed by atoms with Crippen molar-refractivity contribution in [2.45, 2.75) is 58.8 Å². The van der Waals surface area contributed by atoms with E-state index in [-0.39, 0.29) is 11.4 Å². The molecule has 0 amide bonds. The van der Waals surface area contributed by atoms with Gasteiger partial charge in [0, 0.05) is 35.6 Å². The molecule has 0 spiro atoms. The van der Waals surface area contributed by atoms with Crippen LogP contribution in [0.15, 0.2) is 48.7 Å². The lowest BCUT2D eigenvalue weighted by molar-refractivity contribution is -0.134. The molecule has 2 aromatic carbocycles. The van der Waals surface area contributed by atoms with Gasteiger partial charge >= 0.3 is 5.97 Å². The number of carbonyl (C=O) groups is 1. The first-order valence-electron chi connectivity index (χ1n) is 12.0. The van der Waals surface area contributed by atoms with Gasteiger partial charge in [-0.1, -0.05) is 51.5 Å². The number of carbonyl (C=O) groups excluding carboxylic acids is 1. The van der Waals surface area contributed by atoms with E-state index in [0.29, 0.717) is 0 Å². The first-order valence-corrected chi connectivity index (χ1v) is 12.0. The third kappa shape index (κ3) is 5.00. The highest BCUT2D eigenvalue weighted by atomic mass is 16.5. The minimum atomic E-state index is -0.351. The monoisotopic (exact) mass is 447 g/mol. The van der Waals surface area contributed by atoms with Crippen molar-refractivity contribution < 1.29 is 14.3 Å². The maximum Gasteiger partial charge on any atom is 0.330 e. The van der Waals surface area contributed by atoms with Gasteiger partial charge in [-0.15, -0.1) is 0 Å². The number of benzene rings is 2. The van der Waals surface area contributed by atoms with Crippen LogP contribution in [0.2, 0.25) is 0 Å². The molecule has 3 aromatic rings. The van der Waals surface area contributed by atoms with E-state index in [1.165, 1.54) is 35.3 Å². The number of fused-ring (bicyclic) bond motifs is 1. The Morgan fingerprint density at radius 3 is 2.48 bits per heavy atom. The second-order valence-electron chi connectivity index (χ2n) is 8.76. The predicted molar refractivity (Wildman–Crippen MR) is 137 cm³/mol. The van der Waals surface area contributed by atoms with Gasteiger partial charge in [-0.25, -0.2) is 4.79 Å². The largest absolute Gasteiger partial charge is 0.493 e. The molecule has 4 heteroatoms. The SMILES string of the molecule is CCCCOc1ccc(C(CC)(CC)c2cn(C)c3cc(/C=C/C(=O)OC)ccc23)cc1C. The zero-order chi connectivity index (χ0) is 24.0. The summed E-state index contributed by atoms with van der Waals surface area (Å²) in [5.74, 6) is 0.629. The summed E-state index contributed by atoms with van der Waals surface area (Å²) in [5.41, 5.74) is 5.89. The number of rotatable bonds is 10. The Hall–Kier alpha value is -3.01. The van der Waals surface area contributed by atoms with Crippen LogP contribution in [0.5, 0.6) is 5.75 Å². The quantitative estimate of drug-likeness (QED) is 0.192. The molecule has 1 aromatic heterocycles. The van der Waals surface area contributed by atoms with Gasteiger partial charge < -0.3 is 14.0 Å². The fourth-order valence-electron chi connectivity index (χ4n) is 4.75. The molecule has 0 radical (unpaired) electrons. The summed E-state index contributed by atoms with van der Waals surface area (Å²) in [7, 11) is 3.48. The lowest BCUT2D eigenvalue weighted by Crippen LogP contribution is -2.26. The molecule has 0 saturated heterocycles. The fourth-order valence-corrected chi connectivity index (χ4v) is 4.75. The van der Waals surface area contributed by atoms with Gasteiger partial charge in [-0.05, 0) is 66.6 Å². The number of nitrogens with zero attached hydrogens (tertiary/aromatic N) is 1. The summed E-state index contributed by atoms with van der Waals surface area (Å²) in [5, 5.41) is 1.25. The standard InChI is InChI=1S/C29H37NO3/c1-7-10-17-33-27-15-13-23(18-21(27)4)29(8-2,9-3)25-20-30(5)26-19-22(11-14-24(25)26)12-16-28(31)32-6/h11-16,18-20H,7-10,17H2,1-6H3/b16-12+. The first kappa shape index (κ1) is 24.6. The minimum absolute atomic E-state index is 0.0877. The Kier molecular flexibility index (Phi) is 8.01. The van der Waals surface area contributed by atoms with E-state index >= 15 is 0 Å². The number of aromatic nitrogens is 1. The molecule has 33 heavy (non-hydrogen) atoms. The van der Waals surface area contributed by atoms with E-state index in [0.717, 1.165) is 49.1 Å². The number of hydrogen-bond donors (Lipinski definition) is 0.